The van der Waals surface area contributed by atoms with Crippen molar-refractivity contribution in [3.8, 4) is 0 Å². The van der Waals surface area contributed by atoms with Gasteiger partial charge in [-0.3, -0.25) is 0 Å². The predicted octanol–water partition coefficient (Wildman–Crippen LogP) is 2.80. The molecule has 0 amide bonds. The van der Waals surface area contributed by atoms with Gasteiger partial charge in [0.2, 0.25) is 0 Å². The van der Waals surface area contributed by atoms with E-state index in [2.05, 4.69) is 20.8 Å². The van der Waals surface area contributed by atoms with Gasteiger partial charge in [0.25, 0.3) is 0 Å². The summed E-state index contributed by atoms with van der Waals surface area (Å²) < 4.78 is 0. The SMILES string of the molecule is CCCCC(CN)C(C)CC. The van der Waals surface area contributed by atoms with Gasteiger partial charge in [0, 0.05) is 0 Å². The van der Waals surface area contributed by atoms with Crippen LogP contribution in [0.2, 0.25) is 0 Å². The molecule has 0 saturated heterocycles. The van der Waals surface area contributed by atoms with E-state index < -0.39 is 0 Å². The quantitative estimate of drug-likeness (QED) is 0.630. The fourth-order valence-electron chi connectivity index (χ4n) is 1.43. The van der Waals surface area contributed by atoms with Crippen molar-refractivity contribution in [2.75, 3.05) is 6.54 Å². The van der Waals surface area contributed by atoms with E-state index in [4.69, 9.17) is 5.73 Å². The first kappa shape index (κ1) is 11.0. The van der Waals surface area contributed by atoms with Crippen molar-refractivity contribution in [2.45, 2.75) is 46.5 Å². The highest BCUT2D eigenvalue weighted by Crippen LogP contribution is 2.19. The molecule has 0 aliphatic carbocycles. The molecule has 1 heteroatoms. The van der Waals surface area contributed by atoms with Crippen molar-refractivity contribution in [3.05, 3.63) is 0 Å². The molecular weight excluding hydrogens is 134 g/mol. The highest BCUT2D eigenvalue weighted by Gasteiger charge is 2.12. The minimum absolute atomic E-state index is 0.764. The van der Waals surface area contributed by atoms with Gasteiger partial charge in [-0.2, -0.15) is 0 Å². The molecule has 0 aliphatic rings. The van der Waals surface area contributed by atoms with Crippen LogP contribution >= 0.6 is 0 Å². The Morgan fingerprint density at radius 2 is 1.91 bits per heavy atom. The van der Waals surface area contributed by atoms with Crippen LogP contribution in [0.25, 0.3) is 0 Å². The molecule has 0 aromatic carbocycles. The molecule has 68 valence electrons. The number of hydrogen-bond donors (Lipinski definition) is 1. The predicted molar refractivity (Wildman–Crippen MR) is 51.5 cm³/mol. The van der Waals surface area contributed by atoms with Crippen molar-refractivity contribution in [2.24, 2.45) is 17.6 Å². The summed E-state index contributed by atoms with van der Waals surface area (Å²) >= 11 is 0. The summed E-state index contributed by atoms with van der Waals surface area (Å²) in [5.74, 6) is 1.58. The molecule has 0 fully saturated rings. The Kier molecular flexibility index (Phi) is 6.63. The fraction of sp³-hybridized carbons (Fsp3) is 1.00. The van der Waals surface area contributed by atoms with Gasteiger partial charge >= 0.3 is 0 Å². The van der Waals surface area contributed by atoms with Crippen LogP contribution in [-0.2, 0) is 0 Å². The van der Waals surface area contributed by atoms with Gasteiger partial charge in [-0.05, 0) is 24.8 Å². The maximum atomic E-state index is 5.69. The zero-order valence-corrected chi connectivity index (χ0v) is 8.27. The van der Waals surface area contributed by atoms with Crippen LogP contribution in [0.4, 0.5) is 0 Å². The lowest BCUT2D eigenvalue weighted by atomic mass is 9.88. The van der Waals surface area contributed by atoms with E-state index in [1.807, 2.05) is 0 Å². The summed E-state index contributed by atoms with van der Waals surface area (Å²) in [6.45, 7) is 7.67. The molecule has 0 aromatic heterocycles. The number of rotatable bonds is 6. The summed E-state index contributed by atoms with van der Waals surface area (Å²) in [7, 11) is 0. The van der Waals surface area contributed by atoms with Gasteiger partial charge in [-0.15, -0.1) is 0 Å². The Morgan fingerprint density at radius 3 is 2.27 bits per heavy atom. The van der Waals surface area contributed by atoms with Crippen molar-refractivity contribution >= 4 is 0 Å². The molecule has 2 unspecified atom stereocenters. The second kappa shape index (κ2) is 6.66. The van der Waals surface area contributed by atoms with E-state index in [9.17, 15) is 0 Å². The second-order valence-corrected chi connectivity index (χ2v) is 3.52. The van der Waals surface area contributed by atoms with Crippen LogP contribution in [0.1, 0.15) is 46.5 Å². The van der Waals surface area contributed by atoms with Gasteiger partial charge in [0.05, 0.1) is 0 Å². The molecule has 2 N–H and O–H groups in total. The zero-order valence-electron chi connectivity index (χ0n) is 8.27. The molecule has 0 rings (SSSR count). The van der Waals surface area contributed by atoms with Crippen molar-refractivity contribution in [1.29, 1.82) is 0 Å². The first-order chi connectivity index (χ1) is 5.26. The number of unbranched alkanes of at least 4 members (excludes halogenated alkanes) is 1. The first-order valence-corrected chi connectivity index (χ1v) is 4.96. The maximum absolute atomic E-state index is 5.69. The van der Waals surface area contributed by atoms with E-state index in [0.29, 0.717) is 0 Å². The summed E-state index contributed by atoms with van der Waals surface area (Å²) in [5.41, 5.74) is 5.69. The van der Waals surface area contributed by atoms with Crippen molar-refractivity contribution in [1.82, 2.24) is 0 Å². The van der Waals surface area contributed by atoms with E-state index >= 15 is 0 Å². The first-order valence-electron chi connectivity index (χ1n) is 4.96. The largest absolute Gasteiger partial charge is 0.330 e. The molecule has 0 radical (unpaired) electrons. The Morgan fingerprint density at radius 1 is 1.27 bits per heavy atom. The van der Waals surface area contributed by atoms with Crippen molar-refractivity contribution in [3.63, 3.8) is 0 Å². The lowest BCUT2D eigenvalue weighted by Crippen LogP contribution is -2.21. The molecule has 11 heavy (non-hydrogen) atoms. The molecule has 2 atom stereocenters. The van der Waals surface area contributed by atoms with Crippen molar-refractivity contribution < 1.29 is 0 Å². The summed E-state index contributed by atoms with van der Waals surface area (Å²) in [6, 6.07) is 0. The minimum atomic E-state index is 0.764. The average molecular weight is 157 g/mol. The Labute approximate surface area is 71.4 Å². The Bertz CT molecular complexity index is 80.9. The van der Waals surface area contributed by atoms with E-state index in [0.717, 1.165) is 18.4 Å². The third kappa shape index (κ3) is 4.41. The third-order valence-corrected chi connectivity index (χ3v) is 2.68. The molecule has 0 aromatic rings. The monoisotopic (exact) mass is 157 g/mol. The topological polar surface area (TPSA) is 26.0 Å². The minimum Gasteiger partial charge on any atom is -0.330 e. The Hall–Kier alpha value is -0.0400. The lowest BCUT2D eigenvalue weighted by Gasteiger charge is -2.20. The van der Waals surface area contributed by atoms with Gasteiger partial charge in [-0.1, -0.05) is 40.0 Å². The molecular formula is C10H23N. The Balaban J connectivity index is 3.56. The summed E-state index contributed by atoms with van der Waals surface area (Å²) in [4.78, 5) is 0. The molecule has 1 nitrogen and oxygen atoms in total. The van der Waals surface area contributed by atoms with Gasteiger partial charge < -0.3 is 5.73 Å². The molecule has 0 aliphatic heterocycles. The van der Waals surface area contributed by atoms with Gasteiger partial charge in [0.1, 0.15) is 0 Å². The number of hydrogen-bond acceptors (Lipinski definition) is 1. The molecule has 0 spiro atoms. The molecule has 0 bridgehead atoms. The van der Waals surface area contributed by atoms with E-state index in [1.165, 1.54) is 25.7 Å². The van der Waals surface area contributed by atoms with Crippen LogP contribution in [0, 0.1) is 11.8 Å². The van der Waals surface area contributed by atoms with Crippen LogP contribution in [0.3, 0.4) is 0 Å². The van der Waals surface area contributed by atoms with Crippen LogP contribution < -0.4 is 5.73 Å². The standard InChI is InChI=1S/C10H23N/c1-4-6-7-10(8-11)9(3)5-2/h9-10H,4-8,11H2,1-3H3. The second-order valence-electron chi connectivity index (χ2n) is 3.52. The molecule has 0 heterocycles. The zero-order chi connectivity index (χ0) is 8.69. The van der Waals surface area contributed by atoms with Crippen LogP contribution in [0.15, 0.2) is 0 Å². The highest BCUT2D eigenvalue weighted by atomic mass is 14.6. The average Bonchev–Trinajstić information content (AvgIpc) is 2.05. The smallest absolute Gasteiger partial charge is 0.00463 e. The highest BCUT2D eigenvalue weighted by molar-refractivity contribution is 4.65. The normalized spacial score (nSPS) is 16.4. The summed E-state index contributed by atoms with van der Waals surface area (Å²) in [5, 5.41) is 0. The third-order valence-electron chi connectivity index (χ3n) is 2.68. The van der Waals surface area contributed by atoms with E-state index in [1.54, 1.807) is 0 Å². The lowest BCUT2D eigenvalue weighted by molar-refractivity contribution is 0.327. The van der Waals surface area contributed by atoms with Crippen LogP contribution in [-0.4, -0.2) is 6.54 Å². The van der Waals surface area contributed by atoms with Gasteiger partial charge in [0.15, 0.2) is 0 Å². The summed E-state index contributed by atoms with van der Waals surface area (Å²) in [6.07, 6.45) is 5.23. The number of nitrogens with two attached hydrogens (primary N) is 1. The van der Waals surface area contributed by atoms with E-state index in [-0.39, 0.29) is 0 Å². The fourth-order valence-corrected chi connectivity index (χ4v) is 1.43. The van der Waals surface area contributed by atoms with Gasteiger partial charge in [-0.25, -0.2) is 0 Å². The molecule has 0 saturated carbocycles. The maximum Gasteiger partial charge on any atom is -0.00463 e. The van der Waals surface area contributed by atoms with Crippen LogP contribution in [0.5, 0.6) is 0 Å².